The van der Waals surface area contributed by atoms with E-state index in [-0.39, 0.29) is 16.6 Å². The molecule has 0 aliphatic heterocycles. The molecule has 0 saturated carbocycles. The molecule has 0 aliphatic carbocycles. The minimum Gasteiger partial charge on any atom is -0.478 e. The van der Waals surface area contributed by atoms with Gasteiger partial charge in [0.05, 0.1) is 16.6 Å². The molecule has 0 aliphatic rings. The number of nitrogens with one attached hydrogen (secondary N) is 1. The Morgan fingerprint density at radius 3 is 2.79 bits per heavy atom. The fraction of sp³-hybridized carbons (Fsp3) is 0.214. The number of anilines is 1. The highest BCUT2D eigenvalue weighted by Crippen LogP contribution is 2.28. The second-order valence-corrected chi connectivity index (χ2v) is 5.51. The van der Waals surface area contributed by atoms with Gasteiger partial charge in [-0.3, -0.25) is 0 Å². The SMILES string of the molecule is CCC(Nc1ccc(C(=O)O)c(Cl)c1)c1cccs1. The summed E-state index contributed by atoms with van der Waals surface area (Å²) in [4.78, 5) is 12.1. The molecular formula is C14H14ClNO2S. The Labute approximate surface area is 120 Å². The molecule has 0 fully saturated rings. The molecule has 19 heavy (non-hydrogen) atoms. The summed E-state index contributed by atoms with van der Waals surface area (Å²) >= 11 is 7.66. The van der Waals surface area contributed by atoms with E-state index in [1.165, 1.54) is 10.9 Å². The minimum absolute atomic E-state index is 0.122. The monoisotopic (exact) mass is 295 g/mol. The fourth-order valence-electron chi connectivity index (χ4n) is 1.84. The maximum atomic E-state index is 10.9. The Hall–Kier alpha value is -1.52. The van der Waals surface area contributed by atoms with Crippen LogP contribution in [0.2, 0.25) is 5.02 Å². The van der Waals surface area contributed by atoms with Crippen LogP contribution in [-0.2, 0) is 0 Å². The van der Waals surface area contributed by atoms with E-state index in [1.54, 1.807) is 23.5 Å². The van der Waals surface area contributed by atoms with Crippen LogP contribution >= 0.6 is 22.9 Å². The highest BCUT2D eigenvalue weighted by molar-refractivity contribution is 7.10. The third-order valence-electron chi connectivity index (χ3n) is 2.84. The summed E-state index contributed by atoms with van der Waals surface area (Å²) in [5.41, 5.74) is 0.951. The van der Waals surface area contributed by atoms with Gasteiger partial charge >= 0.3 is 5.97 Å². The molecule has 0 saturated heterocycles. The van der Waals surface area contributed by atoms with Gasteiger partial charge in [-0.15, -0.1) is 11.3 Å². The molecule has 1 unspecified atom stereocenters. The lowest BCUT2D eigenvalue weighted by Gasteiger charge is -2.17. The van der Waals surface area contributed by atoms with Gasteiger partial charge in [-0.25, -0.2) is 4.79 Å². The summed E-state index contributed by atoms with van der Waals surface area (Å²) in [5.74, 6) is -1.01. The van der Waals surface area contributed by atoms with Gasteiger partial charge in [-0.1, -0.05) is 24.6 Å². The number of carboxylic acid groups (broad SMARTS) is 1. The largest absolute Gasteiger partial charge is 0.478 e. The Kier molecular flexibility index (Phi) is 4.45. The molecule has 2 aromatic rings. The lowest BCUT2D eigenvalue weighted by Crippen LogP contribution is -2.08. The van der Waals surface area contributed by atoms with Crippen LogP contribution in [0.15, 0.2) is 35.7 Å². The van der Waals surface area contributed by atoms with E-state index in [2.05, 4.69) is 18.3 Å². The zero-order chi connectivity index (χ0) is 13.8. The molecule has 5 heteroatoms. The molecule has 0 radical (unpaired) electrons. The van der Waals surface area contributed by atoms with Crippen molar-refractivity contribution in [2.45, 2.75) is 19.4 Å². The van der Waals surface area contributed by atoms with Crippen molar-refractivity contribution in [1.29, 1.82) is 0 Å². The standard InChI is InChI=1S/C14H14ClNO2S/c1-2-12(13-4-3-7-19-13)16-9-5-6-10(14(17)18)11(15)8-9/h3-8,12,16H,2H2,1H3,(H,17,18). The number of carboxylic acids is 1. The smallest absolute Gasteiger partial charge is 0.337 e. The molecule has 2 N–H and O–H groups in total. The van der Waals surface area contributed by atoms with Crippen molar-refractivity contribution >= 4 is 34.6 Å². The normalized spacial score (nSPS) is 12.1. The van der Waals surface area contributed by atoms with Crippen molar-refractivity contribution in [2.24, 2.45) is 0 Å². The zero-order valence-electron chi connectivity index (χ0n) is 10.4. The number of thiophene rings is 1. The van der Waals surface area contributed by atoms with Crippen LogP contribution < -0.4 is 5.32 Å². The van der Waals surface area contributed by atoms with Gasteiger partial charge in [-0.05, 0) is 36.1 Å². The molecule has 100 valence electrons. The zero-order valence-corrected chi connectivity index (χ0v) is 12.0. The lowest BCUT2D eigenvalue weighted by atomic mass is 10.1. The number of halogens is 1. The number of hydrogen-bond acceptors (Lipinski definition) is 3. The highest BCUT2D eigenvalue weighted by Gasteiger charge is 2.13. The first-order valence-electron chi connectivity index (χ1n) is 5.94. The molecule has 0 bridgehead atoms. The maximum absolute atomic E-state index is 10.9. The topological polar surface area (TPSA) is 49.3 Å². The average Bonchev–Trinajstić information content (AvgIpc) is 2.89. The molecule has 1 aromatic carbocycles. The Bertz CT molecular complexity index is 569. The van der Waals surface area contributed by atoms with E-state index in [4.69, 9.17) is 16.7 Å². The lowest BCUT2D eigenvalue weighted by molar-refractivity contribution is 0.0697. The van der Waals surface area contributed by atoms with Gasteiger partial charge < -0.3 is 10.4 Å². The molecule has 2 rings (SSSR count). The Morgan fingerprint density at radius 1 is 1.47 bits per heavy atom. The minimum atomic E-state index is -1.01. The first-order chi connectivity index (χ1) is 9.11. The van der Waals surface area contributed by atoms with Gasteiger partial charge in [0.25, 0.3) is 0 Å². The number of benzene rings is 1. The van der Waals surface area contributed by atoms with Gasteiger partial charge in [0.1, 0.15) is 0 Å². The van der Waals surface area contributed by atoms with Crippen LogP contribution in [0.1, 0.15) is 34.6 Å². The van der Waals surface area contributed by atoms with Crippen LogP contribution in [0.5, 0.6) is 0 Å². The van der Waals surface area contributed by atoms with E-state index in [1.807, 2.05) is 11.4 Å². The van der Waals surface area contributed by atoms with Crippen molar-refractivity contribution < 1.29 is 9.90 Å². The molecule has 0 amide bonds. The summed E-state index contributed by atoms with van der Waals surface area (Å²) in [6.07, 6.45) is 0.943. The van der Waals surface area contributed by atoms with Gasteiger partial charge in [0.15, 0.2) is 0 Å². The highest BCUT2D eigenvalue weighted by atomic mass is 35.5. The molecule has 1 atom stereocenters. The fourth-order valence-corrected chi connectivity index (χ4v) is 2.97. The molecule has 1 heterocycles. The van der Waals surface area contributed by atoms with Gasteiger partial charge in [0.2, 0.25) is 0 Å². The predicted octanol–water partition coefficient (Wildman–Crippen LogP) is 4.66. The quantitative estimate of drug-likeness (QED) is 0.843. The molecule has 0 spiro atoms. The maximum Gasteiger partial charge on any atom is 0.337 e. The van der Waals surface area contributed by atoms with Crippen LogP contribution in [0.3, 0.4) is 0 Å². The van der Waals surface area contributed by atoms with E-state index >= 15 is 0 Å². The first-order valence-corrected chi connectivity index (χ1v) is 7.20. The number of carbonyl (C=O) groups is 1. The van der Waals surface area contributed by atoms with Crippen LogP contribution in [0, 0.1) is 0 Å². The molecule has 1 aromatic heterocycles. The third kappa shape index (κ3) is 3.28. The van der Waals surface area contributed by atoms with Crippen molar-refractivity contribution in [3.05, 3.63) is 51.2 Å². The summed E-state index contributed by atoms with van der Waals surface area (Å²) in [7, 11) is 0. The summed E-state index contributed by atoms with van der Waals surface area (Å²) in [6, 6.07) is 9.23. The van der Waals surface area contributed by atoms with E-state index < -0.39 is 5.97 Å². The van der Waals surface area contributed by atoms with Crippen molar-refractivity contribution in [2.75, 3.05) is 5.32 Å². The predicted molar refractivity (Wildman–Crippen MR) is 79.4 cm³/mol. The van der Waals surface area contributed by atoms with Crippen LogP contribution in [-0.4, -0.2) is 11.1 Å². The Balaban J connectivity index is 2.19. The second kappa shape index (κ2) is 6.08. The summed E-state index contributed by atoms with van der Waals surface area (Å²) in [5, 5.41) is 14.6. The van der Waals surface area contributed by atoms with Crippen molar-refractivity contribution in [3.8, 4) is 0 Å². The van der Waals surface area contributed by atoms with E-state index in [9.17, 15) is 4.79 Å². The third-order valence-corrected chi connectivity index (χ3v) is 4.13. The summed E-state index contributed by atoms with van der Waals surface area (Å²) < 4.78 is 0. The molecule has 3 nitrogen and oxygen atoms in total. The average molecular weight is 296 g/mol. The van der Waals surface area contributed by atoms with Gasteiger partial charge in [0, 0.05) is 10.6 Å². The van der Waals surface area contributed by atoms with Crippen molar-refractivity contribution in [1.82, 2.24) is 0 Å². The van der Waals surface area contributed by atoms with Crippen LogP contribution in [0.25, 0.3) is 0 Å². The van der Waals surface area contributed by atoms with E-state index in [0.717, 1.165) is 12.1 Å². The Morgan fingerprint density at radius 2 is 2.26 bits per heavy atom. The number of hydrogen-bond donors (Lipinski definition) is 2. The van der Waals surface area contributed by atoms with Gasteiger partial charge in [-0.2, -0.15) is 0 Å². The number of aromatic carboxylic acids is 1. The first kappa shape index (κ1) is 13.9. The second-order valence-electron chi connectivity index (χ2n) is 4.12. The van der Waals surface area contributed by atoms with E-state index in [0.29, 0.717) is 0 Å². The van der Waals surface area contributed by atoms with Crippen molar-refractivity contribution in [3.63, 3.8) is 0 Å². The molecular weight excluding hydrogens is 282 g/mol. The van der Waals surface area contributed by atoms with Crippen LogP contribution in [0.4, 0.5) is 5.69 Å². The summed E-state index contributed by atoms with van der Waals surface area (Å²) in [6.45, 7) is 2.10. The number of rotatable bonds is 5.